The van der Waals surface area contributed by atoms with E-state index < -0.39 is 23.0 Å². The quantitative estimate of drug-likeness (QED) is 0.0305. The van der Waals surface area contributed by atoms with Crippen LogP contribution in [0.2, 0.25) is 10.3 Å². The molecule has 0 amide bonds. The van der Waals surface area contributed by atoms with Gasteiger partial charge in [0.05, 0.1) is 11.4 Å². The van der Waals surface area contributed by atoms with Crippen LogP contribution in [0.4, 0.5) is 0 Å². The summed E-state index contributed by atoms with van der Waals surface area (Å²) in [6.07, 6.45) is 2.93. The molecule has 0 fully saturated rings. The Bertz CT molecular complexity index is 2980. The number of benzene rings is 9. The Balaban J connectivity index is 0.000000351. The molecule has 3 N–H and O–H groups in total. The van der Waals surface area contributed by atoms with E-state index >= 15 is 0 Å². The molecule has 0 atom stereocenters. The van der Waals surface area contributed by atoms with Gasteiger partial charge in [0.25, 0.3) is 0 Å². The smallest absolute Gasteiger partial charge is 0.116 e. The van der Waals surface area contributed by atoms with Gasteiger partial charge in [0, 0.05) is 76.3 Å². The Labute approximate surface area is 560 Å². The van der Waals surface area contributed by atoms with Crippen molar-refractivity contribution in [1.29, 1.82) is 0 Å². The minimum absolute atomic E-state index is 0. The van der Waals surface area contributed by atoms with Crippen molar-refractivity contribution in [1.82, 2.24) is 19.9 Å². The second-order valence-corrected chi connectivity index (χ2v) is 23.5. The Kier molecular flexibility index (Phi) is 40.8. The van der Waals surface area contributed by atoms with Crippen molar-refractivity contribution in [2.75, 3.05) is 0 Å². The maximum absolute atomic E-state index is 8.70. The van der Waals surface area contributed by atoms with E-state index in [1.54, 1.807) is 30.6 Å². The molecule has 2 radical (unpaired) electrons. The molecule has 0 unspecified atom stereocenters. The molecule has 9 nitrogen and oxygen atoms in total. The number of rotatable bonds is 10. The van der Waals surface area contributed by atoms with Crippen LogP contribution in [0.1, 0.15) is 7.43 Å². The fourth-order valence-electron chi connectivity index (χ4n) is 7.18. The molecule has 0 spiro atoms. The first-order chi connectivity index (χ1) is 39.3. The molecule has 0 bridgehead atoms. The number of nitrogens with zero attached hydrogens (tertiary/aromatic N) is 4. The van der Waals surface area contributed by atoms with Crippen molar-refractivity contribution in [2.24, 2.45) is 0 Å². The molecule has 83 heavy (non-hydrogen) atoms. The zero-order valence-electron chi connectivity index (χ0n) is 44.6. The maximum atomic E-state index is 8.70. The second-order valence-electron chi connectivity index (χ2n) is 15.9. The molecule has 0 aliphatic rings. The van der Waals surface area contributed by atoms with Crippen LogP contribution in [-0.4, -0.2) is 108 Å². The van der Waals surface area contributed by atoms with Crippen molar-refractivity contribution < 1.29 is 40.9 Å². The summed E-state index contributed by atoms with van der Waals surface area (Å²) in [5.74, 6) is 0. The van der Waals surface area contributed by atoms with Gasteiger partial charge in [0.2, 0.25) is 0 Å². The van der Waals surface area contributed by atoms with E-state index in [1.165, 1.54) is 44.2 Å². The fraction of sp³-hybridized carbons (Fsp3) is 0.0156. The molecule has 11 aromatic rings. The standard InChI is InChI=1S/2C18H15P.C16H12N2.C6H7BO2.C4H2Cl2N2.CH2O3.CH4.2ClH.2Na.Pd/c2*1-4-10-16(11-5-1)19(17-12-6-2-7-13-17)18-14-8-3-9-15-18;1-3-7-13(8-4-1)15-11-16(18-12-17-15)14-9-5-2-6-10-14;8-7(9)6-4-2-1-3-5-6;5-3-1-4(6)8-2-7-3;2-1-4-3;;;;;;/h2*1-15H;1-12H;1-5,8-9H;1-2H;1,3H;1H4;2*1H;;;/q;;;;;;;;;;;+2/p-2. The fourth-order valence-corrected chi connectivity index (χ4v) is 12.1. The van der Waals surface area contributed by atoms with Crippen molar-refractivity contribution in [2.45, 2.75) is 7.43 Å². The molecule has 0 saturated heterocycles. The number of hydrogen-bond donors (Lipinski definition) is 3. The van der Waals surface area contributed by atoms with Crippen LogP contribution in [0.25, 0.3) is 22.5 Å². The first-order valence-electron chi connectivity index (χ1n) is 24.2. The normalized spacial score (nSPS) is 9.46. The van der Waals surface area contributed by atoms with Gasteiger partial charge in [-0.1, -0.05) is 304 Å². The Morgan fingerprint density at radius 2 is 0.614 bits per heavy atom. The minimum Gasteiger partial charge on any atom is -0.236 e. The predicted octanol–water partition coefficient (Wildman–Crippen LogP) is 12.7. The summed E-state index contributed by atoms with van der Waals surface area (Å²) in [4.78, 5) is 27.4. The largest absolute Gasteiger partial charge is 0.236 e. The van der Waals surface area contributed by atoms with Crippen molar-refractivity contribution >= 4 is 168 Å². The van der Waals surface area contributed by atoms with Gasteiger partial charge in [0.1, 0.15) is 23.0 Å². The van der Waals surface area contributed by atoms with E-state index in [4.69, 9.17) is 62.4 Å². The first kappa shape index (κ1) is 74.3. The predicted molar refractivity (Wildman–Crippen MR) is 351 cm³/mol. The number of hydrogen-bond acceptors (Lipinski definition) is 9. The Morgan fingerprint density at radius 1 is 0.398 bits per heavy atom. The van der Waals surface area contributed by atoms with Gasteiger partial charge in [-0.3, -0.25) is 4.79 Å². The van der Waals surface area contributed by atoms with E-state index in [0.29, 0.717) is 15.8 Å². The minimum atomic E-state index is -1.34. The maximum Gasteiger partial charge on any atom is 0.116 e. The van der Waals surface area contributed by atoms with Gasteiger partial charge in [-0.05, 0) is 59.2 Å². The summed E-state index contributed by atoms with van der Waals surface area (Å²) in [6.45, 7) is -0.0694. The first-order valence-corrected chi connectivity index (χ1v) is 31.6. The average molecular weight is 1330 g/mol. The summed E-state index contributed by atoms with van der Waals surface area (Å²) in [6, 6.07) is 97.1. The number of carbonyl (C=O) groups excluding carboxylic acids is 1. The van der Waals surface area contributed by atoms with Crippen LogP contribution >= 0.6 is 58.1 Å². The summed E-state index contributed by atoms with van der Waals surface area (Å²) in [5, 5.41) is 33.3. The molecule has 9 aromatic carbocycles. The molecule has 2 heterocycles. The zero-order valence-corrected chi connectivity index (χ0v) is 55.0. The van der Waals surface area contributed by atoms with E-state index in [1.807, 2.05) is 48.5 Å². The van der Waals surface area contributed by atoms with Gasteiger partial charge in [-0.2, -0.15) is 0 Å². The van der Waals surface area contributed by atoms with Crippen LogP contribution < -0.4 is 37.3 Å². The van der Waals surface area contributed by atoms with E-state index in [-0.39, 0.29) is 89.0 Å². The van der Waals surface area contributed by atoms with Crippen LogP contribution in [0, 0.1) is 0 Å². The van der Waals surface area contributed by atoms with Gasteiger partial charge < -0.3 is 14.9 Å². The van der Waals surface area contributed by atoms with Crippen molar-refractivity contribution in [3.05, 3.63) is 308 Å². The second kappa shape index (κ2) is 45.6. The molecule has 0 aliphatic heterocycles. The Morgan fingerprint density at radius 3 is 0.807 bits per heavy atom. The zero-order chi connectivity index (χ0) is 56.8. The SMILES string of the molecule is C.Clc1cc(Cl)ncn1.O=COO.OB(O)c1ccccc1.[Cl][Pd][Cl].[Na].[Na].c1ccc(-c2cc(-c3ccccc3)ncn2)cc1.c1ccc(P(c2ccccc2)c2ccccc2)cc1.c1ccc(P(c2ccccc2)c2ccccc2)cc1. The van der Waals surface area contributed by atoms with E-state index in [0.717, 1.165) is 22.5 Å². The van der Waals surface area contributed by atoms with Crippen LogP contribution in [0.3, 0.4) is 0 Å². The van der Waals surface area contributed by atoms with Crippen LogP contribution in [-0.2, 0) is 25.6 Å². The molecule has 416 valence electrons. The number of halogens is 4. The molecule has 11 rings (SSSR count). The van der Waals surface area contributed by atoms with Crippen LogP contribution in [0.5, 0.6) is 0 Å². The van der Waals surface area contributed by atoms with Gasteiger partial charge in [-0.15, -0.1) is 0 Å². The van der Waals surface area contributed by atoms with E-state index in [2.05, 4.69) is 231 Å². The van der Waals surface area contributed by atoms with Gasteiger partial charge in [-0.25, -0.2) is 25.2 Å². The monoisotopic (exact) mass is 1330 g/mol. The van der Waals surface area contributed by atoms with Gasteiger partial charge in [0.15, 0.2) is 0 Å². The van der Waals surface area contributed by atoms with Gasteiger partial charge >= 0.3 is 48.6 Å². The molecular weight excluding hydrogens is 1270 g/mol. The average Bonchev–Trinajstić information content (AvgIpc) is 3.66. The summed E-state index contributed by atoms with van der Waals surface area (Å²) < 4.78 is 0. The topological polar surface area (TPSA) is 139 Å². The Hall–Kier alpha value is -4.76. The third-order valence-electron chi connectivity index (χ3n) is 10.6. The molecule has 0 saturated carbocycles. The van der Waals surface area contributed by atoms with Crippen LogP contribution in [0.15, 0.2) is 298 Å². The number of aromatic nitrogens is 4. The van der Waals surface area contributed by atoms with Crippen molar-refractivity contribution in [3.8, 4) is 22.5 Å². The molecule has 0 aliphatic carbocycles. The summed E-state index contributed by atoms with van der Waals surface area (Å²) >= 11 is 10.7. The molecular formula is C64H57BCl4N4Na2O5P2Pd. The van der Waals surface area contributed by atoms with E-state index in [9.17, 15) is 0 Å². The molecule has 19 heteroatoms. The van der Waals surface area contributed by atoms with Crippen molar-refractivity contribution in [3.63, 3.8) is 0 Å². The summed E-state index contributed by atoms with van der Waals surface area (Å²) in [5.41, 5.74) is 4.64. The third kappa shape index (κ3) is 28.3. The summed E-state index contributed by atoms with van der Waals surface area (Å²) in [7, 11) is 7.39. The third-order valence-corrected chi connectivity index (χ3v) is 15.9. The number of carbonyl (C=O) groups is 1. The molecule has 2 aromatic heterocycles.